The van der Waals surface area contributed by atoms with Gasteiger partial charge in [0.2, 0.25) is 0 Å². The molecule has 2 aromatic heterocycles. The molecule has 4 N–H and O–H groups in total. The van der Waals surface area contributed by atoms with Gasteiger partial charge in [0.25, 0.3) is 12.4 Å². The summed E-state index contributed by atoms with van der Waals surface area (Å²) in [7, 11) is 0. The SMILES string of the molecule is O=C(N[C@H]1CCO[C@H](CO)[C@H]1O)c1cn2cc(Cl)ccc2n1.O=CO. The van der Waals surface area contributed by atoms with Crippen molar-refractivity contribution in [1.29, 1.82) is 0 Å². The van der Waals surface area contributed by atoms with Crippen LogP contribution in [-0.2, 0) is 9.53 Å². The summed E-state index contributed by atoms with van der Waals surface area (Å²) in [6.07, 6.45) is 2.08. The zero-order valence-electron chi connectivity index (χ0n) is 13.1. The topological polar surface area (TPSA) is 133 Å². The van der Waals surface area contributed by atoms with Crippen LogP contribution >= 0.6 is 11.6 Å². The maximum absolute atomic E-state index is 12.3. The first-order valence-corrected chi connectivity index (χ1v) is 7.81. The van der Waals surface area contributed by atoms with Crippen LogP contribution in [0.2, 0.25) is 5.02 Å². The lowest BCUT2D eigenvalue weighted by atomic mass is 10.00. The highest BCUT2D eigenvalue weighted by Crippen LogP contribution is 2.16. The molecule has 25 heavy (non-hydrogen) atoms. The van der Waals surface area contributed by atoms with Gasteiger partial charge in [-0.1, -0.05) is 11.6 Å². The second-order valence-electron chi connectivity index (χ2n) is 5.30. The molecule has 0 saturated carbocycles. The Hall–Kier alpha value is -2.20. The lowest BCUT2D eigenvalue weighted by Crippen LogP contribution is -2.54. The van der Waals surface area contributed by atoms with Gasteiger partial charge in [-0.15, -0.1) is 0 Å². The molecule has 1 aliphatic heterocycles. The Morgan fingerprint density at radius 2 is 2.20 bits per heavy atom. The first-order chi connectivity index (χ1) is 12.0. The van der Waals surface area contributed by atoms with E-state index >= 15 is 0 Å². The molecule has 1 amide bonds. The Morgan fingerprint density at radius 3 is 2.88 bits per heavy atom. The highest BCUT2D eigenvalue weighted by atomic mass is 35.5. The van der Waals surface area contributed by atoms with Gasteiger partial charge in [0, 0.05) is 19.0 Å². The molecule has 0 bridgehead atoms. The molecule has 2 aromatic rings. The fourth-order valence-corrected chi connectivity index (χ4v) is 2.68. The van der Waals surface area contributed by atoms with Crippen molar-refractivity contribution in [2.75, 3.05) is 13.2 Å². The van der Waals surface area contributed by atoms with E-state index in [1.807, 2.05) is 0 Å². The van der Waals surface area contributed by atoms with E-state index in [0.717, 1.165) is 0 Å². The van der Waals surface area contributed by atoms with E-state index < -0.39 is 18.2 Å². The Bertz CT molecular complexity index is 737. The molecule has 3 rings (SSSR count). The Balaban J connectivity index is 0.000000701. The van der Waals surface area contributed by atoms with Crippen LogP contribution in [0.5, 0.6) is 0 Å². The maximum Gasteiger partial charge on any atom is 0.290 e. The molecule has 1 aliphatic rings. The summed E-state index contributed by atoms with van der Waals surface area (Å²) in [5, 5.41) is 29.4. The number of ether oxygens (including phenoxy) is 1. The zero-order chi connectivity index (χ0) is 18.4. The highest BCUT2D eigenvalue weighted by molar-refractivity contribution is 6.30. The molecule has 10 heteroatoms. The van der Waals surface area contributed by atoms with E-state index in [0.29, 0.717) is 23.7 Å². The van der Waals surface area contributed by atoms with Gasteiger partial charge < -0.3 is 29.8 Å². The van der Waals surface area contributed by atoms with Crippen molar-refractivity contribution >= 4 is 29.6 Å². The van der Waals surface area contributed by atoms with Crippen molar-refractivity contribution in [2.45, 2.75) is 24.7 Å². The normalized spacial score (nSPS) is 22.8. The summed E-state index contributed by atoms with van der Waals surface area (Å²) >= 11 is 5.89. The van der Waals surface area contributed by atoms with Crippen LogP contribution in [0.1, 0.15) is 16.9 Å². The number of nitrogens with zero attached hydrogens (tertiary/aromatic N) is 2. The molecule has 0 radical (unpaired) electrons. The third-order valence-electron chi connectivity index (χ3n) is 3.70. The summed E-state index contributed by atoms with van der Waals surface area (Å²) in [4.78, 5) is 24.8. The second-order valence-corrected chi connectivity index (χ2v) is 5.73. The molecular formula is C15H18ClN3O6. The van der Waals surface area contributed by atoms with Crippen molar-refractivity contribution in [1.82, 2.24) is 14.7 Å². The summed E-state index contributed by atoms with van der Waals surface area (Å²) in [6.45, 7) is -0.172. The molecular weight excluding hydrogens is 354 g/mol. The monoisotopic (exact) mass is 371 g/mol. The number of nitrogens with one attached hydrogen (secondary N) is 1. The number of carbonyl (C=O) groups is 2. The van der Waals surface area contributed by atoms with Gasteiger partial charge in [0.1, 0.15) is 23.5 Å². The molecule has 3 atom stereocenters. The minimum absolute atomic E-state index is 0.238. The Labute approximate surface area is 147 Å². The van der Waals surface area contributed by atoms with E-state index in [4.69, 9.17) is 31.3 Å². The number of amides is 1. The number of aromatic nitrogens is 2. The van der Waals surface area contributed by atoms with E-state index in [1.165, 1.54) is 0 Å². The van der Waals surface area contributed by atoms with Crippen molar-refractivity contribution in [3.8, 4) is 0 Å². The maximum atomic E-state index is 12.3. The van der Waals surface area contributed by atoms with Gasteiger partial charge in [-0.3, -0.25) is 9.59 Å². The number of carboxylic acid groups (broad SMARTS) is 1. The quantitative estimate of drug-likeness (QED) is 0.555. The number of imidazole rings is 1. The molecule has 0 unspecified atom stereocenters. The van der Waals surface area contributed by atoms with Crippen LogP contribution < -0.4 is 5.32 Å². The lowest BCUT2D eigenvalue weighted by Gasteiger charge is -2.34. The number of aliphatic hydroxyl groups excluding tert-OH is 2. The van der Waals surface area contributed by atoms with Crippen LogP contribution in [0.15, 0.2) is 24.5 Å². The molecule has 0 spiro atoms. The van der Waals surface area contributed by atoms with Crippen molar-refractivity contribution < 1.29 is 29.6 Å². The molecule has 1 saturated heterocycles. The number of pyridine rings is 1. The summed E-state index contributed by atoms with van der Waals surface area (Å²) in [5.74, 6) is -0.387. The van der Waals surface area contributed by atoms with E-state index in [1.54, 1.807) is 28.9 Å². The Morgan fingerprint density at radius 1 is 1.48 bits per heavy atom. The first kappa shape index (κ1) is 19.1. The zero-order valence-corrected chi connectivity index (χ0v) is 13.8. The fourth-order valence-electron chi connectivity index (χ4n) is 2.51. The molecule has 0 aromatic carbocycles. The number of aliphatic hydroxyl groups is 2. The second kappa shape index (κ2) is 8.77. The number of fused-ring (bicyclic) bond motifs is 1. The minimum atomic E-state index is -0.950. The summed E-state index contributed by atoms with van der Waals surface area (Å²) in [6, 6.07) is 2.93. The average Bonchev–Trinajstić information content (AvgIpc) is 3.00. The first-order valence-electron chi connectivity index (χ1n) is 7.43. The van der Waals surface area contributed by atoms with Gasteiger partial charge in [0.05, 0.1) is 17.7 Å². The number of hydrogen-bond acceptors (Lipinski definition) is 6. The predicted molar refractivity (Wildman–Crippen MR) is 87.6 cm³/mol. The molecule has 136 valence electrons. The molecule has 0 aliphatic carbocycles. The molecule has 9 nitrogen and oxygen atoms in total. The van der Waals surface area contributed by atoms with Crippen LogP contribution in [0.25, 0.3) is 5.65 Å². The largest absolute Gasteiger partial charge is 0.483 e. The van der Waals surface area contributed by atoms with E-state index in [2.05, 4.69) is 10.3 Å². The van der Waals surface area contributed by atoms with E-state index in [-0.39, 0.29) is 24.7 Å². The van der Waals surface area contributed by atoms with Crippen molar-refractivity contribution in [2.24, 2.45) is 0 Å². The van der Waals surface area contributed by atoms with Gasteiger partial charge in [-0.05, 0) is 18.6 Å². The average molecular weight is 372 g/mol. The Kier molecular flexibility index (Phi) is 6.71. The lowest BCUT2D eigenvalue weighted by molar-refractivity contribution is -0.122. The molecule has 3 heterocycles. The van der Waals surface area contributed by atoms with Gasteiger partial charge in [0.15, 0.2) is 0 Å². The smallest absolute Gasteiger partial charge is 0.290 e. The van der Waals surface area contributed by atoms with Crippen LogP contribution in [0, 0.1) is 0 Å². The number of rotatable bonds is 3. The fraction of sp³-hybridized carbons (Fsp3) is 0.400. The van der Waals surface area contributed by atoms with Gasteiger partial charge in [-0.25, -0.2) is 4.98 Å². The summed E-state index contributed by atoms with van der Waals surface area (Å²) < 4.78 is 6.89. The predicted octanol–water partition coefficient (Wildman–Crippen LogP) is -0.0710. The van der Waals surface area contributed by atoms with Gasteiger partial charge in [-0.2, -0.15) is 0 Å². The summed E-state index contributed by atoms with van der Waals surface area (Å²) in [5.41, 5.74) is 0.844. The minimum Gasteiger partial charge on any atom is -0.483 e. The van der Waals surface area contributed by atoms with Crippen LogP contribution in [0.4, 0.5) is 0 Å². The van der Waals surface area contributed by atoms with E-state index in [9.17, 15) is 9.90 Å². The van der Waals surface area contributed by atoms with Crippen molar-refractivity contribution in [3.05, 3.63) is 35.2 Å². The van der Waals surface area contributed by atoms with Crippen LogP contribution in [0.3, 0.4) is 0 Å². The van der Waals surface area contributed by atoms with Crippen molar-refractivity contribution in [3.63, 3.8) is 0 Å². The van der Waals surface area contributed by atoms with Crippen LogP contribution in [-0.4, -0.2) is 68.5 Å². The third-order valence-corrected chi connectivity index (χ3v) is 3.92. The highest BCUT2D eigenvalue weighted by Gasteiger charge is 2.33. The molecule has 1 fully saturated rings. The van der Waals surface area contributed by atoms with Gasteiger partial charge >= 0.3 is 0 Å². The number of carbonyl (C=O) groups excluding carboxylic acids is 1. The third kappa shape index (κ3) is 4.67. The number of hydrogen-bond donors (Lipinski definition) is 4. The standard InChI is InChI=1S/C14H16ClN3O4.CH2O2/c15-8-1-2-12-16-10(6-18(12)5-8)14(21)17-9-3-4-22-11(7-19)13(9)20;2-1-3/h1-2,5-6,9,11,13,19-20H,3-4,7H2,(H,17,21);1H,(H,2,3)/t9-,11+,13-;/m0./s1. The number of halogens is 1.